The zero-order valence-electron chi connectivity index (χ0n) is 14.9. The second-order valence-electron chi connectivity index (χ2n) is 6.78. The van der Waals surface area contributed by atoms with Crippen LogP contribution in [0.2, 0.25) is 0 Å². The van der Waals surface area contributed by atoms with Gasteiger partial charge < -0.3 is 9.32 Å². The smallest absolute Gasteiger partial charge is 0.254 e. The summed E-state index contributed by atoms with van der Waals surface area (Å²) in [6.07, 6.45) is 2.19. The van der Waals surface area contributed by atoms with E-state index in [-0.39, 0.29) is 5.91 Å². The average Bonchev–Trinajstić information content (AvgIpc) is 3.30. The van der Waals surface area contributed by atoms with E-state index in [1.54, 1.807) is 18.2 Å². The zero-order chi connectivity index (χ0) is 18.4. The number of rotatable bonds is 2. The van der Waals surface area contributed by atoms with Crippen molar-refractivity contribution >= 4 is 17.0 Å². The molecule has 0 aliphatic carbocycles. The highest BCUT2D eigenvalue weighted by atomic mass is 16.3. The highest BCUT2D eigenvalue weighted by Gasteiger charge is 2.27. The predicted octanol–water partition coefficient (Wildman–Crippen LogP) is 3.43. The van der Waals surface area contributed by atoms with E-state index in [4.69, 9.17) is 9.52 Å². The van der Waals surface area contributed by atoms with Gasteiger partial charge in [-0.1, -0.05) is 30.3 Å². The van der Waals surface area contributed by atoms with Gasteiger partial charge in [-0.3, -0.25) is 9.48 Å². The Bertz CT molecular complexity index is 1140. The van der Waals surface area contributed by atoms with E-state index < -0.39 is 0 Å². The van der Waals surface area contributed by atoms with Crippen molar-refractivity contribution in [1.29, 1.82) is 0 Å². The molecule has 5 rings (SSSR count). The van der Waals surface area contributed by atoms with Gasteiger partial charge in [-0.15, -0.1) is 0 Å². The van der Waals surface area contributed by atoms with Crippen LogP contribution in [0.1, 0.15) is 21.6 Å². The third kappa shape index (κ3) is 2.61. The van der Waals surface area contributed by atoms with Crippen LogP contribution in [0, 0.1) is 0 Å². The van der Waals surface area contributed by atoms with Gasteiger partial charge in [-0.05, 0) is 24.6 Å². The molecule has 134 valence electrons. The van der Waals surface area contributed by atoms with E-state index in [9.17, 15) is 4.79 Å². The summed E-state index contributed by atoms with van der Waals surface area (Å²) in [6.45, 7) is 1.19. The number of hydrogen-bond acceptors (Lipinski definition) is 4. The van der Waals surface area contributed by atoms with Gasteiger partial charge in [0, 0.05) is 30.3 Å². The Morgan fingerprint density at radius 3 is 2.85 bits per heavy atom. The lowest BCUT2D eigenvalue weighted by Crippen LogP contribution is -2.36. The van der Waals surface area contributed by atoms with Crippen LogP contribution >= 0.6 is 0 Å². The fraction of sp³-hybridized carbons (Fsp3) is 0.190. The van der Waals surface area contributed by atoms with E-state index >= 15 is 0 Å². The molecule has 0 radical (unpaired) electrons. The van der Waals surface area contributed by atoms with Gasteiger partial charge in [0.2, 0.25) is 0 Å². The van der Waals surface area contributed by atoms with Gasteiger partial charge in [0.25, 0.3) is 5.91 Å². The highest BCUT2D eigenvalue weighted by Crippen LogP contribution is 2.30. The number of carbonyl (C=O) groups is 1. The molecule has 3 heterocycles. The molecule has 1 amide bonds. The molecule has 1 aliphatic rings. The summed E-state index contributed by atoms with van der Waals surface area (Å²) in [4.78, 5) is 19.0. The molecule has 1 aliphatic heterocycles. The molecule has 2 aromatic carbocycles. The molecular weight excluding hydrogens is 340 g/mol. The van der Waals surface area contributed by atoms with Crippen LogP contribution in [0.3, 0.4) is 0 Å². The second-order valence-corrected chi connectivity index (χ2v) is 6.78. The van der Waals surface area contributed by atoms with Crippen molar-refractivity contribution in [2.45, 2.75) is 13.0 Å². The van der Waals surface area contributed by atoms with Crippen LogP contribution in [0.5, 0.6) is 0 Å². The molecule has 0 atom stereocenters. The molecule has 0 spiro atoms. The Balaban J connectivity index is 1.45. The van der Waals surface area contributed by atoms with Crippen LogP contribution in [-0.2, 0) is 20.0 Å². The number of aromatic nitrogens is 3. The Hall–Kier alpha value is -3.41. The first-order valence-electron chi connectivity index (χ1n) is 8.93. The largest absolute Gasteiger partial charge is 0.443 e. The number of oxazole rings is 1. The number of nitrogens with zero attached hydrogens (tertiary/aromatic N) is 4. The molecule has 6 nitrogen and oxygen atoms in total. The maximum absolute atomic E-state index is 13.0. The summed E-state index contributed by atoms with van der Waals surface area (Å²) in [7, 11) is 1.96. The van der Waals surface area contributed by atoms with E-state index in [1.165, 1.54) is 12.0 Å². The molecular formula is C21H18N4O2. The van der Waals surface area contributed by atoms with Crippen molar-refractivity contribution in [3.8, 4) is 11.3 Å². The van der Waals surface area contributed by atoms with Crippen molar-refractivity contribution in [3.63, 3.8) is 0 Å². The zero-order valence-corrected chi connectivity index (χ0v) is 14.9. The first kappa shape index (κ1) is 15.8. The molecule has 6 heteroatoms. The highest BCUT2D eigenvalue weighted by molar-refractivity contribution is 5.97. The Kier molecular flexibility index (Phi) is 3.57. The standard InChI is InChI=1S/C21H18N4O2/c1-24-20(14-5-3-2-4-6-14)16-9-10-25(12-18(16)23-24)21(26)15-7-8-19-17(11-15)22-13-27-19/h2-8,11,13H,9-10,12H2,1H3. The molecule has 0 saturated heterocycles. The number of carbonyl (C=O) groups excluding carboxylic acids is 1. The van der Waals surface area contributed by atoms with E-state index in [1.807, 2.05) is 34.8 Å². The Morgan fingerprint density at radius 2 is 2.00 bits per heavy atom. The van der Waals surface area contributed by atoms with Crippen molar-refractivity contribution in [2.24, 2.45) is 7.05 Å². The normalized spacial score (nSPS) is 13.7. The topological polar surface area (TPSA) is 64.2 Å². The molecule has 27 heavy (non-hydrogen) atoms. The van der Waals surface area contributed by atoms with Gasteiger partial charge in [0.05, 0.1) is 17.9 Å². The van der Waals surface area contributed by atoms with Crippen LogP contribution in [0.4, 0.5) is 0 Å². The molecule has 2 aromatic heterocycles. The van der Waals surface area contributed by atoms with Crippen molar-refractivity contribution in [3.05, 3.63) is 71.7 Å². The number of hydrogen-bond donors (Lipinski definition) is 0. The van der Waals surface area contributed by atoms with Gasteiger partial charge >= 0.3 is 0 Å². The lowest BCUT2D eigenvalue weighted by atomic mass is 9.99. The number of amides is 1. The Labute approximate surface area is 156 Å². The van der Waals surface area contributed by atoms with Crippen molar-refractivity contribution in [1.82, 2.24) is 19.7 Å². The summed E-state index contributed by atoms with van der Waals surface area (Å²) in [5.41, 5.74) is 6.51. The molecule has 4 aromatic rings. The summed E-state index contributed by atoms with van der Waals surface area (Å²) in [5, 5.41) is 4.69. The Morgan fingerprint density at radius 1 is 1.15 bits per heavy atom. The molecule has 0 fully saturated rings. The van der Waals surface area contributed by atoms with Crippen LogP contribution in [0.25, 0.3) is 22.4 Å². The third-order valence-electron chi connectivity index (χ3n) is 5.11. The summed E-state index contributed by atoms with van der Waals surface area (Å²) < 4.78 is 7.18. The van der Waals surface area contributed by atoms with E-state index in [0.29, 0.717) is 29.8 Å². The van der Waals surface area contributed by atoms with Crippen LogP contribution in [-0.4, -0.2) is 32.1 Å². The average molecular weight is 358 g/mol. The van der Waals surface area contributed by atoms with Crippen LogP contribution < -0.4 is 0 Å². The van der Waals surface area contributed by atoms with Gasteiger partial charge in [0.1, 0.15) is 5.52 Å². The first-order valence-corrected chi connectivity index (χ1v) is 8.93. The van der Waals surface area contributed by atoms with Crippen LogP contribution in [0.15, 0.2) is 59.3 Å². The summed E-state index contributed by atoms with van der Waals surface area (Å²) in [6, 6.07) is 15.6. The summed E-state index contributed by atoms with van der Waals surface area (Å²) in [5.74, 6) is -0.00235. The third-order valence-corrected chi connectivity index (χ3v) is 5.11. The van der Waals surface area contributed by atoms with Crippen molar-refractivity contribution in [2.75, 3.05) is 6.54 Å². The monoisotopic (exact) mass is 358 g/mol. The summed E-state index contributed by atoms with van der Waals surface area (Å²) >= 11 is 0. The van der Waals surface area contributed by atoms with Gasteiger partial charge in [0.15, 0.2) is 12.0 Å². The minimum absolute atomic E-state index is 0.00235. The maximum Gasteiger partial charge on any atom is 0.254 e. The quantitative estimate of drug-likeness (QED) is 0.551. The predicted molar refractivity (Wildman–Crippen MR) is 101 cm³/mol. The first-order chi connectivity index (χ1) is 13.2. The SMILES string of the molecule is Cn1nc2c(c1-c1ccccc1)CCN(C(=O)c1ccc3ocnc3c1)C2. The number of fused-ring (bicyclic) bond motifs is 2. The minimum Gasteiger partial charge on any atom is -0.443 e. The minimum atomic E-state index is -0.00235. The number of benzene rings is 2. The number of aryl methyl sites for hydroxylation is 1. The molecule has 0 unspecified atom stereocenters. The molecule has 0 N–H and O–H groups in total. The van der Waals surface area contributed by atoms with E-state index in [0.717, 1.165) is 23.4 Å². The molecule has 0 saturated carbocycles. The maximum atomic E-state index is 13.0. The van der Waals surface area contributed by atoms with Gasteiger partial charge in [-0.25, -0.2) is 4.98 Å². The fourth-order valence-electron chi connectivity index (χ4n) is 3.82. The van der Waals surface area contributed by atoms with Crippen molar-refractivity contribution < 1.29 is 9.21 Å². The lowest BCUT2D eigenvalue weighted by Gasteiger charge is -2.26. The second kappa shape index (κ2) is 6.09. The van der Waals surface area contributed by atoms with E-state index in [2.05, 4.69) is 17.1 Å². The molecule has 0 bridgehead atoms. The fourth-order valence-corrected chi connectivity index (χ4v) is 3.82. The lowest BCUT2D eigenvalue weighted by molar-refractivity contribution is 0.0732. The van der Waals surface area contributed by atoms with Gasteiger partial charge in [-0.2, -0.15) is 5.10 Å².